The fourth-order valence-corrected chi connectivity index (χ4v) is 1.51. The van der Waals surface area contributed by atoms with E-state index in [1.165, 1.54) is 13.2 Å². The number of rotatable bonds is 4. The van der Waals surface area contributed by atoms with Crippen LogP contribution in [0, 0.1) is 11.2 Å². The largest absolute Gasteiger partial charge is 0.493 e. The molecule has 1 aromatic carbocycles. The van der Waals surface area contributed by atoms with E-state index in [0.717, 1.165) is 0 Å². The summed E-state index contributed by atoms with van der Waals surface area (Å²) in [6.07, 6.45) is 0. The minimum absolute atomic E-state index is 0.0756. The molecule has 1 rings (SSSR count). The first-order chi connectivity index (χ1) is 7.44. The van der Waals surface area contributed by atoms with Crippen molar-refractivity contribution in [2.45, 2.75) is 19.9 Å². The van der Waals surface area contributed by atoms with E-state index in [1.54, 1.807) is 12.1 Å². The molecule has 0 aliphatic rings. The monoisotopic (exact) mass is 227 g/mol. The van der Waals surface area contributed by atoms with Crippen LogP contribution in [0.3, 0.4) is 0 Å². The van der Waals surface area contributed by atoms with Gasteiger partial charge >= 0.3 is 0 Å². The number of aliphatic hydroxyl groups excluding tert-OH is 1. The highest BCUT2D eigenvalue weighted by atomic mass is 19.1. The molecule has 0 aliphatic heterocycles. The molecule has 4 heteroatoms. The fourth-order valence-electron chi connectivity index (χ4n) is 1.51. The van der Waals surface area contributed by atoms with Crippen molar-refractivity contribution in [3.63, 3.8) is 0 Å². The average molecular weight is 227 g/mol. The maximum atomic E-state index is 13.5. The van der Waals surface area contributed by atoms with Gasteiger partial charge in [-0.05, 0) is 6.07 Å². The molecule has 0 unspecified atom stereocenters. The molecule has 0 saturated heterocycles. The second kappa shape index (κ2) is 4.80. The van der Waals surface area contributed by atoms with Crippen LogP contribution >= 0.6 is 0 Å². The third kappa shape index (κ3) is 2.33. The molecule has 1 aromatic rings. The van der Waals surface area contributed by atoms with Crippen molar-refractivity contribution in [3.05, 3.63) is 29.6 Å². The van der Waals surface area contributed by atoms with E-state index in [-0.39, 0.29) is 12.4 Å². The van der Waals surface area contributed by atoms with Gasteiger partial charge in [-0.2, -0.15) is 0 Å². The normalized spacial score (nSPS) is 13.6. The zero-order valence-corrected chi connectivity index (χ0v) is 9.83. The van der Waals surface area contributed by atoms with E-state index < -0.39 is 17.3 Å². The molecule has 0 bridgehead atoms. The summed E-state index contributed by atoms with van der Waals surface area (Å²) in [5.41, 5.74) is 6.07. The predicted molar refractivity (Wildman–Crippen MR) is 60.7 cm³/mol. The Balaban J connectivity index is 3.18. The third-order valence-electron chi connectivity index (χ3n) is 2.79. The van der Waals surface area contributed by atoms with E-state index in [2.05, 4.69) is 0 Å². The van der Waals surface area contributed by atoms with Gasteiger partial charge in [0.2, 0.25) is 0 Å². The van der Waals surface area contributed by atoms with Gasteiger partial charge in [0.05, 0.1) is 7.11 Å². The number of methoxy groups -OCH3 is 1. The van der Waals surface area contributed by atoms with E-state index in [0.29, 0.717) is 5.56 Å². The Labute approximate surface area is 95.0 Å². The molecule has 0 heterocycles. The topological polar surface area (TPSA) is 55.5 Å². The molecule has 0 radical (unpaired) electrons. The summed E-state index contributed by atoms with van der Waals surface area (Å²) < 4.78 is 18.5. The lowest BCUT2D eigenvalue weighted by atomic mass is 9.81. The Morgan fingerprint density at radius 2 is 2.12 bits per heavy atom. The lowest BCUT2D eigenvalue weighted by Crippen LogP contribution is -2.32. The van der Waals surface area contributed by atoms with Crippen LogP contribution in [0.4, 0.5) is 4.39 Å². The quantitative estimate of drug-likeness (QED) is 0.825. The highest BCUT2D eigenvalue weighted by molar-refractivity contribution is 5.38. The second-order valence-electron chi connectivity index (χ2n) is 4.49. The Kier molecular flexibility index (Phi) is 3.88. The Bertz CT molecular complexity index is 366. The Hall–Kier alpha value is -1.13. The Morgan fingerprint density at radius 1 is 1.50 bits per heavy atom. The number of hydrogen-bond acceptors (Lipinski definition) is 3. The molecule has 0 aromatic heterocycles. The van der Waals surface area contributed by atoms with Crippen molar-refractivity contribution in [1.82, 2.24) is 0 Å². The fraction of sp³-hybridized carbons (Fsp3) is 0.500. The first-order valence-electron chi connectivity index (χ1n) is 5.13. The summed E-state index contributed by atoms with van der Waals surface area (Å²) in [4.78, 5) is 0. The van der Waals surface area contributed by atoms with Crippen molar-refractivity contribution in [2.24, 2.45) is 11.1 Å². The summed E-state index contributed by atoms with van der Waals surface area (Å²) in [6, 6.07) is 4.13. The van der Waals surface area contributed by atoms with Gasteiger partial charge in [-0.15, -0.1) is 0 Å². The van der Waals surface area contributed by atoms with Gasteiger partial charge in [0.1, 0.15) is 0 Å². The van der Waals surface area contributed by atoms with Crippen molar-refractivity contribution in [3.8, 4) is 5.75 Å². The number of aliphatic hydroxyl groups is 1. The summed E-state index contributed by atoms with van der Waals surface area (Å²) in [7, 11) is 1.40. The van der Waals surface area contributed by atoms with Crippen molar-refractivity contribution in [1.29, 1.82) is 0 Å². The van der Waals surface area contributed by atoms with Gasteiger partial charge < -0.3 is 15.6 Å². The van der Waals surface area contributed by atoms with Crippen LogP contribution < -0.4 is 10.5 Å². The second-order valence-corrected chi connectivity index (χ2v) is 4.49. The highest BCUT2D eigenvalue weighted by Gasteiger charge is 2.29. The zero-order valence-electron chi connectivity index (χ0n) is 9.83. The Morgan fingerprint density at radius 3 is 2.62 bits per heavy atom. The van der Waals surface area contributed by atoms with Crippen LogP contribution in [0.1, 0.15) is 25.5 Å². The summed E-state index contributed by atoms with van der Waals surface area (Å²) in [5, 5.41) is 9.24. The van der Waals surface area contributed by atoms with E-state index in [9.17, 15) is 9.50 Å². The number of para-hydroxylation sites is 1. The van der Waals surface area contributed by atoms with E-state index >= 15 is 0 Å². The first-order valence-corrected chi connectivity index (χ1v) is 5.13. The molecule has 0 fully saturated rings. The summed E-state index contributed by atoms with van der Waals surface area (Å²) >= 11 is 0. The number of hydrogen-bond donors (Lipinski definition) is 2. The molecule has 0 saturated carbocycles. The first kappa shape index (κ1) is 12.9. The van der Waals surface area contributed by atoms with Crippen LogP contribution in [0.25, 0.3) is 0 Å². The van der Waals surface area contributed by atoms with Gasteiger partial charge in [0.15, 0.2) is 11.6 Å². The average Bonchev–Trinajstić information content (AvgIpc) is 2.27. The summed E-state index contributed by atoms with van der Waals surface area (Å²) in [5.74, 6) is -0.291. The van der Waals surface area contributed by atoms with Crippen molar-refractivity contribution in [2.75, 3.05) is 13.7 Å². The minimum Gasteiger partial charge on any atom is -0.493 e. The zero-order chi connectivity index (χ0) is 12.3. The van der Waals surface area contributed by atoms with E-state index in [1.807, 2.05) is 13.8 Å². The standard InChI is InChI=1S/C12H18FNO2/c1-12(2,7-15)11(14)8-5-4-6-9(13)10(8)16-3/h4-6,11,15H,7,14H2,1-3H3/t11-/m0/s1. The third-order valence-corrected chi connectivity index (χ3v) is 2.79. The maximum Gasteiger partial charge on any atom is 0.165 e. The molecule has 0 amide bonds. The molecule has 0 spiro atoms. The smallest absolute Gasteiger partial charge is 0.165 e. The number of ether oxygens (including phenoxy) is 1. The summed E-state index contributed by atoms with van der Waals surface area (Å²) in [6.45, 7) is 3.57. The van der Waals surface area contributed by atoms with Crippen LogP contribution in [0.2, 0.25) is 0 Å². The van der Waals surface area contributed by atoms with Crippen LogP contribution in [0.5, 0.6) is 5.75 Å². The van der Waals surface area contributed by atoms with Gasteiger partial charge in [-0.25, -0.2) is 4.39 Å². The maximum absolute atomic E-state index is 13.5. The predicted octanol–water partition coefficient (Wildman–Crippen LogP) is 1.85. The van der Waals surface area contributed by atoms with Crippen LogP contribution in [-0.4, -0.2) is 18.8 Å². The molecule has 1 atom stereocenters. The minimum atomic E-state index is -0.527. The molecular formula is C12H18FNO2. The van der Waals surface area contributed by atoms with Gasteiger partial charge in [-0.1, -0.05) is 26.0 Å². The number of nitrogens with two attached hydrogens (primary N) is 1. The van der Waals surface area contributed by atoms with Gasteiger partial charge in [-0.3, -0.25) is 0 Å². The van der Waals surface area contributed by atoms with Crippen molar-refractivity contribution < 1.29 is 14.2 Å². The molecule has 16 heavy (non-hydrogen) atoms. The molecule has 0 aliphatic carbocycles. The molecule has 3 N–H and O–H groups in total. The lowest BCUT2D eigenvalue weighted by molar-refractivity contribution is 0.131. The number of benzene rings is 1. The number of halogens is 1. The SMILES string of the molecule is COc1c(F)cccc1[C@H](N)C(C)(C)CO. The highest BCUT2D eigenvalue weighted by Crippen LogP contribution is 2.36. The van der Waals surface area contributed by atoms with Gasteiger partial charge in [0.25, 0.3) is 0 Å². The lowest BCUT2D eigenvalue weighted by Gasteiger charge is -2.30. The molecule has 3 nitrogen and oxygen atoms in total. The molecule has 90 valence electrons. The van der Waals surface area contributed by atoms with Gasteiger partial charge in [0, 0.05) is 23.6 Å². The van der Waals surface area contributed by atoms with Crippen molar-refractivity contribution >= 4 is 0 Å². The van der Waals surface area contributed by atoms with E-state index in [4.69, 9.17) is 10.5 Å². The van der Waals surface area contributed by atoms with Crippen LogP contribution in [0.15, 0.2) is 18.2 Å². The molecular weight excluding hydrogens is 209 g/mol. The van der Waals surface area contributed by atoms with Crippen LogP contribution in [-0.2, 0) is 0 Å².